The van der Waals surface area contributed by atoms with Crippen LogP contribution in [0.5, 0.6) is 5.88 Å². The molecule has 2 heterocycles. The van der Waals surface area contributed by atoms with Crippen LogP contribution in [-0.2, 0) is 0 Å². The largest absolute Gasteiger partial charge is 0.468 e. The van der Waals surface area contributed by atoms with E-state index in [4.69, 9.17) is 11.6 Å². The summed E-state index contributed by atoms with van der Waals surface area (Å²) in [6, 6.07) is 2.50. The highest BCUT2D eigenvalue weighted by Gasteiger charge is 2.47. The summed E-state index contributed by atoms with van der Waals surface area (Å²) < 4.78 is 79.7. The van der Waals surface area contributed by atoms with Crippen LogP contribution in [0.25, 0.3) is 0 Å². The van der Waals surface area contributed by atoms with E-state index >= 15 is 0 Å². The van der Waals surface area contributed by atoms with Crippen molar-refractivity contribution in [2.45, 2.75) is 43.9 Å². The third-order valence-electron chi connectivity index (χ3n) is 5.48. The summed E-state index contributed by atoms with van der Waals surface area (Å²) in [4.78, 5) is 11.6. The highest BCUT2D eigenvalue weighted by molar-refractivity contribution is 6.31. The van der Waals surface area contributed by atoms with Crippen LogP contribution in [0.1, 0.15) is 29.7 Å². The molecule has 16 heteroatoms. The quantitative estimate of drug-likeness (QED) is 0.148. The van der Waals surface area contributed by atoms with Crippen LogP contribution in [0.15, 0.2) is 12.1 Å². The monoisotopic (exact) mass is 569 g/mol. The fraction of sp³-hybridized carbons (Fsp3) is 0.500. The van der Waals surface area contributed by atoms with E-state index in [1.807, 2.05) is 5.32 Å². The summed E-state index contributed by atoms with van der Waals surface area (Å²) >= 11 is 6.18. The number of aliphatic hydroxyl groups excluding tert-OH is 2. The fourth-order valence-electron chi connectivity index (χ4n) is 3.56. The van der Waals surface area contributed by atoms with Crippen LogP contribution in [-0.4, -0.2) is 74.2 Å². The van der Waals surface area contributed by atoms with Gasteiger partial charge in [-0.3, -0.25) is 0 Å². The van der Waals surface area contributed by atoms with Gasteiger partial charge in [0.2, 0.25) is 11.8 Å². The number of nitrogens with one attached hydrogen (secondary N) is 2. The number of ether oxygens (including phenoxy) is 1. The Morgan fingerprint density at radius 1 is 1.13 bits per heavy atom. The summed E-state index contributed by atoms with van der Waals surface area (Å²) in [6.45, 7) is -1.98. The zero-order valence-electron chi connectivity index (χ0n) is 19.6. The number of aliphatic hydroxyl groups is 3. The van der Waals surface area contributed by atoms with Crippen molar-refractivity contribution < 1.29 is 46.4 Å². The minimum Gasteiger partial charge on any atom is -0.468 e. The summed E-state index contributed by atoms with van der Waals surface area (Å²) in [7, 11) is 0. The molecule has 208 valence electrons. The number of alkyl halides is 6. The van der Waals surface area contributed by atoms with Crippen LogP contribution in [0.3, 0.4) is 0 Å². The van der Waals surface area contributed by atoms with Crippen LogP contribution in [0.4, 0.5) is 38.1 Å². The van der Waals surface area contributed by atoms with E-state index in [9.17, 15) is 41.7 Å². The smallest absolute Gasteiger partial charge is 0.422 e. The lowest BCUT2D eigenvalue weighted by molar-refractivity contribution is -0.154. The van der Waals surface area contributed by atoms with Crippen molar-refractivity contribution in [3.63, 3.8) is 0 Å². The summed E-state index contributed by atoms with van der Waals surface area (Å²) in [5.41, 5.74) is -1.74. The van der Waals surface area contributed by atoms with Gasteiger partial charge in [0.05, 0.1) is 5.69 Å². The average molecular weight is 570 g/mol. The Hall–Kier alpha value is -3.06. The van der Waals surface area contributed by atoms with Gasteiger partial charge in [0.25, 0.3) is 0 Å². The first-order valence-corrected chi connectivity index (χ1v) is 11.3. The Bertz CT molecular complexity index is 1220. The van der Waals surface area contributed by atoms with Gasteiger partial charge in [0.1, 0.15) is 18.2 Å². The first-order chi connectivity index (χ1) is 17.6. The van der Waals surface area contributed by atoms with Crippen LogP contribution in [0, 0.1) is 24.7 Å². The lowest BCUT2D eigenvalue weighted by atomic mass is 10.0. The molecule has 3 rings (SSSR count). The van der Waals surface area contributed by atoms with Gasteiger partial charge in [0, 0.05) is 24.2 Å². The van der Waals surface area contributed by atoms with Crippen molar-refractivity contribution >= 4 is 23.4 Å². The molecule has 5 N–H and O–H groups in total. The van der Waals surface area contributed by atoms with Gasteiger partial charge in [-0.2, -0.15) is 36.3 Å². The predicted molar refractivity (Wildman–Crippen MR) is 122 cm³/mol. The molecule has 2 aromatic rings. The SMILES string of the molecule is Cc1nc(OCC(F)(F)F)ccc1C#Cc1c(Cl)nc(NCC(F)(F)F)nc1N[C@@]1(O)CC[C@H](CO)[C@H]1O. The Morgan fingerprint density at radius 2 is 1.84 bits per heavy atom. The van der Waals surface area contributed by atoms with Crippen molar-refractivity contribution in [2.24, 2.45) is 5.92 Å². The maximum absolute atomic E-state index is 12.7. The molecule has 0 aliphatic heterocycles. The van der Waals surface area contributed by atoms with Crippen LogP contribution in [0.2, 0.25) is 5.15 Å². The topological polar surface area (TPSA) is 133 Å². The third-order valence-corrected chi connectivity index (χ3v) is 5.75. The first kappa shape index (κ1) is 29.5. The molecule has 0 aromatic carbocycles. The van der Waals surface area contributed by atoms with Gasteiger partial charge in [0.15, 0.2) is 23.3 Å². The number of aromatic nitrogens is 3. The Kier molecular flexibility index (Phi) is 8.82. The van der Waals surface area contributed by atoms with Crippen LogP contribution < -0.4 is 15.4 Å². The zero-order chi connectivity index (χ0) is 28.3. The van der Waals surface area contributed by atoms with Gasteiger partial charge in [-0.1, -0.05) is 23.4 Å². The molecular formula is C22H22ClF6N5O4. The molecular weight excluding hydrogens is 548 g/mol. The second-order valence-corrected chi connectivity index (χ2v) is 8.80. The standard InChI is InChI=1S/C22H22ClF6N5O4/c1-11-12(3-5-15(31-11)38-10-22(27,28)29)2-4-14-17(23)32-19(30-9-21(24,25)26)33-18(14)34-20(37)7-6-13(8-35)16(20)36/h3,5,13,16,35-37H,6-10H2,1H3,(H2,30,32,33,34)/t13-,16-,20-/m1/s1. The minimum atomic E-state index is -4.60. The van der Waals surface area contributed by atoms with E-state index in [2.05, 4.69) is 36.8 Å². The molecule has 1 aliphatic rings. The highest BCUT2D eigenvalue weighted by Crippen LogP contribution is 2.37. The van der Waals surface area contributed by atoms with Crippen molar-refractivity contribution in [3.8, 4) is 17.7 Å². The van der Waals surface area contributed by atoms with Gasteiger partial charge in [-0.25, -0.2) is 4.98 Å². The molecule has 1 aliphatic carbocycles. The predicted octanol–water partition coefficient (Wildman–Crippen LogP) is 3.01. The molecule has 0 radical (unpaired) electrons. The van der Waals surface area contributed by atoms with Crippen molar-refractivity contribution in [3.05, 3.63) is 34.1 Å². The number of aryl methyl sites for hydroxylation is 1. The van der Waals surface area contributed by atoms with E-state index < -0.39 is 61.0 Å². The highest BCUT2D eigenvalue weighted by atomic mass is 35.5. The molecule has 2 aromatic heterocycles. The summed E-state index contributed by atoms with van der Waals surface area (Å²) in [6.07, 6.45) is -10.4. The van der Waals surface area contributed by atoms with Gasteiger partial charge >= 0.3 is 12.4 Å². The van der Waals surface area contributed by atoms with Crippen molar-refractivity contribution in [2.75, 3.05) is 30.4 Å². The maximum atomic E-state index is 12.7. The number of hydrogen-bond acceptors (Lipinski definition) is 9. The molecule has 1 fully saturated rings. The van der Waals surface area contributed by atoms with E-state index in [-0.39, 0.29) is 41.4 Å². The van der Waals surface area contributed by atoms with E-state index in [0.29, 0.717) is 0 Å². The molecule has 0 amide bonds. The number of pyridine rings is 1. The molecule has 0 spiro atoms. The zero-order valence-corrected chi connectivity index (χ0v) is 20.3. The molecule has 1 saturated carbocycles. The van der Waals surface area contributed by atoms with E-state index in [1.165, 1.54) is 13.0 Å². The Morgan fingerprint density at radius 3 is 2.42 bits per heavy atom. The summed E-state index contributed by atoms with van der Waals surface area (Å²) in [5.74, 6) is 3.49. The number of halogens is 7. The number of anilines is 2. The van der Waals surface area contributed by atoms with Gasteiger partial charge in [-0.15, -0.1) is 0 Å². The molecule has 0 saturated heterocycles. The Labute approximate surface area is 217 Å². The molecule has 0 bridgehead atoms. The molecule has 3 atom stereocenters. The summed E-state index contributed by atoms with van der Waals surface area (Å²) in [5, 5.41) is 34.9. The number of rotatable bonds is 7. The molecule has 0 unspecified atom stereocenters. The van der Waals surface area contributed by atoms with E-state index in [0.717, 1.165) is 6.07 Å². The van der Waals surface area contributed by atoms with Gasteiger partial charge < -0.3 is 30.7 Å². The second kappa shape index (κ2) is 11.4. The van der Waals surface area contributed by atoms with Gasteiger partial charge in [-0.05, 0) is 25.8 Å². The lowest BCUT2D eigenvalue weighted by Crippen LogP contribution is -2.48. The van der Waals surface area contributed by atoms with E-state index in [1.54, 1.807) is 0 Å². The number of nitrogens with zero attached hydrogens (tertiary/aromatic N) is 3. The maximum Gasteiger partial charge on any atom is 0.422 e. The number of hydrogen-bond donors (Lipinski definition) is 5. The fourth-order valence-corrected chi connectivity index (χ4v) is 3.78. The first-order valence-electron chi connectivity index (χ1n) is 11.0. The minimum absolute atomic E-state index is 0.0401. The Balaban J connectivity index is 1.95. The lowest BCUT2D eigenvalue weighted by Gasteiger charge is -2.30. The van der Waals surface area contributed by atoms with Crippen LogP contribution >= 0.6 is 11.6 Å². The second-order valence-electron chi connectivity index (χ2n) is 8.44. The van der Waals surface area contributed by atoms with Crippen molar-refractivity contribution in [1.29, 1.82) is 0 Å². The molecule has 38 heavy (non-hydrogen) atoms. The average Bonchev–Trinajstić information content (AvgIpc) is 3.09. The normalized spacial score (nSPS) is 21.6. The third kappa shape index (κ3) is 7.73. The molecule has 9 nitrogen and oxygen atoms in total. The van der Waals surface area contributed by atoms with Crippen molar-refractivity contribution in [1.82, 2.24) is 15.0 Å².